The third-order valence-electron chi connectivity index (χ3n) is 2.67. The predicted octanol–water partition coefficient (Wildman–Crippen LogP) is 4.70. The lowest BCUT2D eigenvalue weighted by Gasteiger charge is -2.15. The lowest BCUT2D eigenvalue weighted by molar-refractivity contribution is 0.388. The second-order valence-corrected chi connectivity index (χ2v) is 6.18. The minimum atomic E-state index is -4.34. The van der Waals surface area contributed by atoms with Gasteiger partial charge < -0.3 is 9.79 Å². The van der Waals surface area contributed by atoms with Gasteiger partial charge in [0.15, 0.2) is 0 Å². The summed E-state index contributed by atoms with van der Waals surface area (Å²) in [5, 5.41) is 0.706. The van der Waals surface area contributed by atoms with Crippen molar-refractivity contribution in [1.82, 2.24) is 0 Å². The largest absolute Gasteiger partial charge is 0.356 e. The normalized spacial score (nSPS) is 11.4. The summed E-state index contributed by atoms with van der Waals surface area (Å²) >= 11 is 11.7. The molecule has 0 aliphatic carbocycles. The van der Waals surface area contributed by atoms with E-state index in [1.165, 1.54) is 12.1 Å². The predicted molar refractivity (Wildman–Crippen MR) is 76.0 cm³/mol. The summed E-state index contributed by atoms with van der Waals surface area (Å²) in [6.07, 6.45) is 1.16. The Balaban J connectivity index is 3.50. The Kier molecular flexibility index (Phi) is 5.45. The molecular formula is C12H15Cl2O3P. The summed E-state index contributed by atoms with van der Waals surface area (Å²) in [4.78, 5) is 19.0. The van der Waals surface area contributed by atoms with E-state index in [0.29, 0.717) is 23.4 Å². The van der Waals surface area contributed by atoms with E-state index in [1.54, 1.807) is 6.07 Å². The first-order chi connectivity index (χ1) is 8.31. The number of rotatable bonds is 4. The highest BCUT2D eigenvalue weighted by Crippen LogP contribution is 2.54. The maximum absolute atomic E-state index is 11.6. The highest BCUT2D eigenvalue weighted by molar-refractivity contribution is 7.63. The van der Waals surface area contributed by atoms with E-state index in [-0.39, 0.29) is 10.3 Å². The van der Waals surface area contributed by atoms with Gasteiger partial charge in [-0.05, 0) is 30.5 Å². The first-order valence-corrected chi connectivity index (χ1v) is 7.91. The summed E-state index contributed by atoms with van der Waals surface area (Å²) in [5.74, 6) is 0. The highest BCUT2D eigenvalue weighted by atomic mass is 35.5. The fourth-order valence-corrected chi connectivity index (χ4v) is 3.31. The molecule has 1 aromatic carbocycles. The van der Waals surface area contributed by atoms with Gasteiger partial charge in [-0.1, -0.05) is 48.7 Å². The van der Waals surface area contributed by atoms with Gasteiger partial charge in [0.05, 0.1) is 15.4 Å². The van der Waals surface area contributed by atoms with Crippen LogP contribution >= 0.6 is 30.8 Å². The first-order valence-electron chi connectivity index (χ1n) is 5.54. The molecule has 0 fully saturated rings. The highest BCUT2D eigenvalue weighted by Gasteiger charge is 2.26. The zero-order valence-corrected chi connectivity index (χ0v) is 12.6. The van der Waals surface area contributed by atoms with Crippen molar-refractivity contribution in [2.24, 2.45) is 0 Å². The van der Waals surface area contributed by atoms with Crippen LogP contribution in [-0.2, 0) is 4.57 Å². The van der Waals surface area contributed by atoms with Crippen LogP contribution in [0, 0.1) is 0 Å². The Morgan fingerprint density at radius 3 is 2.11 bits per heavy atom. The molecule has 0 saturated heterocycles. The fourth-order valence-electron chi connectivity index (χ4n) is 1.81. The van der Waals surface area contributed by atoms with Gasteiger partial charge in [0, 0.05) is 0 Å². The molecule has 0 aliphatic rings. The molecule has 18 heavy (non-hydrogen) atoms. The Morgan fingerprint density at radius 2 is 1.72 bits per heavy atom. The molecule has 0 saturated carbocycles. The van der Waals surface area contributed by atoms with Crippen LogP contribution in [0.3, 0.4) is 0 Å². The molecule has 0 spiro atoms. The Labute approximate surface area is 117 Å². The summed E-state index contributed by atoms with van der Waals surface area (Å²) < 4.78 is 11.6. The maximum atomic E-state index is 11.6. The second-order valence-electron chi connectivity index (χ2n) is 3.83. The maximum Gasteiger partial charge on any atom is 0.356 e. The Hall–Kier alpha value is -0.310. The Bertz CT molecular complexity index is 514. The van der Waals surface area contributed by atoms with E-state index in [0.717, 1.165) is 5.57 Å². The van der Waals surface area contributed by atoms with Gasteiger partial charge >= 0.3 is 7.60 Å². The third kappa shape index (κ3) is 3.59. The fraction of sp³-hybridized carbons (Fsp3) is 0.333. The van der Waals surface area contributed by atoms with E-state index < -0.39 is 7.60 Å². The van der Waals surface area contributed by atoms with E-state index in [9.17, 15) is 14.4 Å². The standard InChI is InChI=1S/C12H15Cl2O3P/c1-3-8(4-2)12(18(15,16)17)9-5-6-10(13)11(14)7-9/h5-7H,3-4H2,1-2H3,(H2,15,16,17). The van der Waals surface area contributed by atoms with Crippen molar-refractivity contribution in [2.75, 3.05) is 0 Å². The van der Waals surface area contributed by atoms with E-state index >= 15 is 0 Å². The molecular weight excluding hydrogens is 294 g/mol. The molecule has 0 radical (unpaired) electrons. The van der Waals surface area contributed by atoms with Crippen LogP contribution in [0.25, 0.3) is 5.31 Å². The SMILES string of the molecule is CCC(CC)=C(c1ccc(Cl)c(Cl)c1)P(=O)(O)O. The van der Waals surface area contributed by atoms with Crippen molar-refractivity contribution in [3.05, 3.63) is 39.4 Å². The number of benzene rings is 1. The zero-order valence-electron chi connectivity index (χ0n) is 10.2. The number of halogens is 2. The molecule has 0 amide bonds. The van der Waals surface area contributed by atoms with Crippen LogP contribution in [0.2, 0.25) is 10.0 Å². The molecule has 3 nitrogen and oxygen atoms in total. The van der Waals surface area contributed by atoms with Crippen molar-refractivity contribution >= 4 is 36.1 Å². The quantitative estimate of drug-likeness (QED) is 0.792. The molecule has 6 heteroatoms. The number of hydrogen-bond donors (Lipinski definition) is 2. The van der Waals surface area contributed by atoms with Gasteiger partial charge in [0.1, 0.15) is 0 Å². The molecule has 2 N–H and O–H groups in total. The molecule has 0 atom stereocenters. The van der Waals surface area contributed by atoms with Crippen LogP contribution in [0.4, 0.5) is 0 Å². The molecule has 1 rings (SSSR count). The third-order valence-corrected chi connectivity index (χ3v) is 4.57. The topological polar surface area (TPSA) is 57.5 Å². The van der Waals surface area contributed by atoms with Crippen molar-refractivity contribution in [3.8, 4) is 0 Å². The number of hydrogen-bond acceptors (Lipinski definition) is 1. The number of allylic oxidation sites excluding steroid dienone is 1. The van der Waals surface area contributed by atoms with Crippen molar-refractivity contribution in [3.63, 3.8) is 0 Å². The van der Waals surface area contributed by atoms with Crippen LogP contribution in [0.5, 0.6) is 0 Å². The monoisotopic (exact) mass is 308 g/mol. The lowest BCUT2D eigenvalue weighted by atomic mass is 10.1. The molecule has 0 heterocycles. The van der Waals surface area contributed by atoms with Gasteiger partial charge in [-0.25, -0.2) is 0 Å². The summed E-state index contributed by atoms with van der Waals surface area (Å²) in [7, 11) is -4.34. The van der Waals surface area contributed by atoms with Crippen LogP contribution in [-0.4, -0.2) is 9.79 Å². The van der Waals surface area contributed by atoms with Gasteiger partial charge in [-0.15, -0.1) is 0 Å². The van der Waals surface area contributed by atoms with Crippen molar-refractivity contribution in [2.45, 2.75) is 26.7 Å². The van der Waals surface area contributed by atoms with Crippen LogP contribution in [0.15, 0.2) is 23.8 Å². The van der Waals surface area contributed by atoms with Gasteiger partial charge in [-0.3, -0.25) is 4.57 Å². The molecule has 0 unspecified atom stereocenters. The summed E-state index contributed by atoms with van der Waals surface area (Å²) in [6.45, 7) is 3.73. The average Bonchev–Trinajstić information content (AvgIpc) is 2.28. The minimum Gasteiger partial charge on any atom is -0.321 e. The molecule has 1 aromatic rings. The molecule has 0 aromatic heterocycles. The second kappa shape index (κ2) is 6.23. The van der Waals surface area contributed by atoms with Crippen LogP contribution in [0.1, 0.15) is 32.3 Å². The molecule has 100 valence electrons. The van der Waals surface area contributed by atoms with E-state index in [2.05, 4.69) is 0 Å². The van der Waals surface area contributed by atoms with E-state index in [4.69, 9.17) is 23.2 Å². The van der Waals surface area contributed by atoms with Crippen molar-refractivity contribution in [1.29, 1.82) is 0 Å². The molecule has 0 bridgehead atoms. The Morgan fingerprint density at radius 1 is 1.17 bits per heavy atom. The van der Waals surface area contributed by atoms with Crippen LogP contribution < -0.4 is 0 Å². The zero-order chi connectivity index (χ0) is 13.9. The smallest absolute Gasteiger partial charge is 0.321 e. The summed E-state index contributed by atoms with van der Waals surface area (Å²) in [6, 6.07) is 4.61. The van der Waals surface area contributed by atoms with E-state index in [1.807, 2.05) is 13.8 Å². The summed E-state index contributed by atoms with van der Waals surface area (Å²) in [5.41, 5.74) is 1.15. The lowest BCUT2D eigenvalue weighted by Crippen LogP contribution is -1.93. The average molecular weight is 309 g/mol. The van der Waals surface area contributed by atoms with Crippen molar-refractivity contribution < 1.29 is 14.4 Å². The molecule has 0 aliphatic heterocycles. The van der Waals surface area contributed by atoms with Gasteiger partial charge in [0.25, 0.3) is 0 Å². The van der Waals surface area contributed by atoms with Gasteiger partial charge in [-0.2, -0.15) is 0 Å². The first kappa shape index (κ1) is 15.7. The minimum absolute atomic E-state index is 0.0612. The van der Waals surface area contributed by atoms with Gasteiger partial charge in [0.2, 0.25) is 0 Å².